The highest BCUT2D eigenvalue weighted by molar-refractivity contribution is 5.79. The first-order valence-electron chi connectivity index (χ1n) is 10.5. The van der Waals surface area contributed by atoms with E-state index in [9.17, 15) is 5.11 Å². The zero-order valence-electron chi connectivity index (χ0n) is 18.1. The number of benzene rings is 3. The molecular weight excluding hydrogens is 388 g/mol. The van der Waals surface area contributed by atoms with Crippen LogP contribution in [-0.4, -0.2) is 26.4 Å². The summed E-state index contributed by atoms with van der Waals surface area (Å²) in [6.07, 6.45) is 3.55. The molecule has 0 unspecified atom stereocenters. The Morgan fingerprint density at radius 3 is 1.45 bits per heavy atom. The normalized spacial score (nSPS) is 22.2. The Kier molecular flexibility index (Phi) is 4.38. The molecule has 0 aliphatic heterocycles. The molecule has 0 spiro atoms. The van der Waals surface area contributed by atoms with Crippen LogP contribution in [0.5, 0.6) is 17.2 Å². The van der Waals surface area contributed by atoms with Gasteiger partial charge in [-0.3, -0.25) is 0 Å². The Hall–Kier alpha value is -3.24. The van der Waals surface area contributed by atoms with E-state index in [4.69, 9.17) is 14.2 Å². The van der Waals surface area contributed by atoms with E-state index in [0.717, 1.165) is 46.2 Å². The lowest BCUT2D eigenvalue weighted by atomic mass is 9.49. The van der Waals surface area contributed by atoms with Crippen LogP contribution in [-0.2, 0) is 11.0 Å². The second kappa shape index (κ2) is 6.89. The third kappa shape index (κ3) is 2.23. The van der Waals surface area contributed by atoms with Crippen LogP contribution in [0.4, 0.5) is 0 Å². The highest BCUT2D eigenvalue weighted by Gasteiger charge is 2.61. The summed E-state index contributed by atoms with van der Waals surface area (Å²) in [4.78, 5) is 0. The molecule has 4 nitrogen and oxygen atoms in total. The number of hydrogen-bond acceptors (Lipinski definition) is 4. The molecule has 31 heavy (non-hydrogen) atoms. The molecule has 3 aliphatic carbocycles. The van der Waals surface area contributed by atoms with Crippen LogP contribution in [0.25, 0.3) is 0 Å². The van der Waals surface area contributed by atoms with Crippen LogP contribution in [0, 0.1) is 0 Å². The number of ether oxygens (including phenoxy) is 3. The number of rotatable bonds is 6. The van der Waals surface area contributed by atoms with E-state index in [2.05, 4.69) is 24.8 Å². The van der Waals surface area contributed by atoms with Crippen LogP contribution >= 0.6 is 0 Å². The summed E-state index contributed by atoms with van der Waals surface area (Å²) in [6.45, 7) is 3.98. The van der Waals surface area contributed by atoms with E-state index < -0.39 is 11.0 Å². The number of hydrogen-bond donors (Lipinski definition) is 1. The highest BCUT2D eigenvalue weighted by atomic mass is 16.5. The van der Waals surface area contributed by atoms with E-state index in [1.165, 1.54) is 0 Å². The minimum absolute atomic E-state index is 0.490. The summed E-state index contributed by atoms with van der Waals surface area (Å²) in [5.74, 6) is 1.95. The zero-order valence-corrected chi connectivity index (χ0v) is 18.1. The Morgan fingerprint density at radius 2 is 1.13 bits per heavy atom. The van der Waals surface area contributed by atoms with Crippen molar-refractivity contribution in [2.24, 2.45) is 0 Å². The summed E-state index contributed by atoms with van der Waals surface area (Å²) in [5.41, 5.74) is 3.48. The topological polar surface area (TPSA) is 47.9 Å². The van der Waals surface area contributed by atoms with Gasteiger partial charge in [-0.05, 0) is 47.7 Å². The largest absolute Gasteiger partial charge is 0.496 e. The lowest BCUT2D eigenvalue weighted by Crippen LogP contribution is -2.51. The lowest BCUT2D eigenvalue weighted by molar-refractivity contribution is 0.0951. The number of aliphatic hydroxyl groups is 1. The van der Waals surface area contributed by atoms with E-state index >= 15 is 0 Å². The summed E-state index contributed by atoms with van der Waals surface area (Å²) in [6, 6.07) is 18.0. The Bertz CT molecular complexity index is 1060. The molecule has 3 aromatic carbocycles. The monoisotopic (exact) mass is 414 g/mol. The third-order valence-corrected chi connectivity index (χ3v) is 6.93. The first-order valence-corrected chi connectivity index (χ1v) is 10.5. The summed E-state index contributed by atoms with van der Waals surface area (Å²) >= 11 is 0. The van der Waals surface area contributed by atoms with Gasteiger partial charge in [-0.1, -0.05) is 42.5 Å². The molecule has 4 heteroatoms. The number of allylic oxidation sites excluding steroid dienone is 1. The average molecular weight is 415 g/mol. The molecule has 0 heterocycles. The van der Waals surface area contributed by atoms with E-state index in [0.29, 0.717) is 17.2 Å². The molecule has 0 amide bonds. The van der Waals surface area contributed by atoms with Gasteiger partial charge >= 0.3 is 0 Å². The molecular formula is C27H26O4. The van der Waals surface area contributed by atoms with Crippen molar-refractivity contribution in [1.82, 2.24) is 0 Å². The smallest absolute Gasteiger partial charge is 0.152 e. The molecule has 0 saturated heterocycles. The van der Waals surface area contributed by atoms with Crippen LogP contribution in [0.3, 0.4) is 0 Å². The van der Waals surface area contributed by atoms with Gasteiger partial charge in [0.25, 0.3) is 0 Å². The van der Waals surface area contributed by atoms with Crippen molar-refractivity contribution in [3.8, 4) is 17.2 Å². The van der Waals surface area contributed by atoms with Crippen LogP contribution < -0.4 is 14.2 Å². The molecule has 0 fully saturated rings. The highest BCUT2D eigenvalue weighted by Crippen LogP contribution is 2.67. The van der Waals surface area contributed by atoms with E-state index in [1.807, 2.05) is 42.5 Å². The first-order chi connectivity index (χ1) is 15.1. The molecule has 3 aromatic rings. The van der Waals surface area contributed by atoms with Crippen molar-refractivity contribution in [3.05, 3.63) is 101 Å². The predicted molar refractivity (Wildman–Crippen MR) is 120 cm³/mol. The SMILES string of the molecule is C=CCCC12c3cccc(OC)c3C(O)(c3c(OC)cccc31)c1c(OC)cccc12. The second-order valence-electron chi connectivity index (χ2n) is 8.09. The van der Waals surface area contributed by atoms with Crippen molar-refractivity contribution in [1.29, 1.82) is 0 Å². The van der Waals surface area contributed by atoms with Crippen molar-refractivity contribution >= 4 is 0 Å². The van der Waals surface area contributed by atoms with Gasteiger partial charge in [-0.2, -0.15) is 0 Å². The van der Waals surface area contributed by atoms with Crippen molar-refractivity contribution in [2.45, 2.75) is 23.9 Å². The average Bonchev–Trinajstić information content (AvgIpc) is 2.82. The van der Waals surface area contributed by atoms with E-state index in [1.54, 1.807) is 21.3 Å². The summed E-state index contributed by atoms with van der Waals surface area (Å²) < 4.78 is 17.4. The summed E-state index contributed by atoms with van der Waals surface area (Å²) in [7, 11) is 4.93. The minimum Gasteiger partial charge on any atom is -0.496 e. The first kappa shape index (κ1) is 19.7. The van der Waals surface area contributed by atoms with Crippen molar-refractivity contribution < 1.29 is 19.3 Å². The fraction of sp³-hybridized carbons (Fsp3) is 0.259. The molecule has 0 aromatic heterocycles. The van der Waals surface area contributed by atoms with Gasteiger partial charge in [0.2, 0.25) is 0 Å². The minimum atomic E-state index is -1.47. The number of methoxy groups -OCH3 is 3. The van der Waals surface area contributed by atoms with Crippen LogP contribution in [0.1, 0.15) is 46.2 Å². The van der Waals surface area contributed by atoms with Gasteiger partial charge in [0, 0.05) is 22.1 Å². The molecule has 0 radical (unpaired) electrons. The second-order valence-corrected chi connectivity index (χ2v) is 8.09. The Morgan fingerprint density at radius 1 is 0.742 bits per heavy atom. The standard InChI is InChI=1S/C27H26O4/c1-5-6-16-26-17-10-7-13-20(29-2)23(17)27(28,24-18(26)11-8-14-21(24)30-3)25-19(26)12-9-15-22(25)31-4/h5,7-15,28H,1,6,16H2,2-4H3. The zero-order chi connectivity index (χ0) is 21.8. The molecule has 2 bridgehead atoms. The van der Waals surface area contributed by atoms with Gasteiger partial charge in [-0.25, -0.2) is 0 Å². The van der Waals surface area contributed by atoms with Gasteiger partial charge in [0.05, 0.1) is 21.3 Å². The Labute approximate surface area is 182 Å². The molecule has 6 rings (SSSR count). The molecule has 0 saturated carbocycles. The molecule has 158 valence electrons. The van der Waals surface area contributed by atoms with Gasteiger partial charge < -0.3 is 19.3 Å². The maximum Gasteiger partial charge on any atom is 0.152 e. The van der Waals surface area contributed by atoms with Gasteiger partial charge in [0.15, 0.2) is 5.60 Å². The fourth-order valence-electron chi connectivity index (χ4n) is 5.82. The maximum absolute atomic E-state index is 12.7. The van der Waals surface area contributed by atoms with Gasteiger partial charge in [0.1, 0.15) is 17.2 Å². The molecule has 0 atom stereocenters. The summed E-state index contributed by atoms with van der Waals surface area (Å²) in [5, 5.41) is 12.7. The van der Waals surface area contributed by atoms with Crippen molar-refractivity contribution in [3.63, 3.8) is 0 Å². The fourth-order valence-corrected chi connectivity index (χ4v) is 5.82. The predicted octanol–water partition coefficient (Wildman–Crippen LogP) is 4.92. The maximum atomic E-state index is 12.7. The van der Waals surface area contributed by atoms with Crippen LogP contribution in [0.15, 0.2) is 67.3 Å². The Balaban J connectivity index is 2.05. The van der Waals surface area contributed by atoms with Crippen LogP contribution in [0.2, 0.25) is 0 Å². The molecule has 1 N–H and O–H groups in total. The quantitative estimate of drug-likeness (QED) is 0.582. The third-order valence-electron chi connectivity index (χ3n) is 6.93. The lowest BCUT2D eigenvalue weighted by Gasteiger charge is -2.55. The van der Waals surface area contributed by atoms with Crippen molar-refractivity contribution in [2.75, 3.05) is 21.3 Å². The van der Waals surface area contributed by atoms with Gasteiger partial charge in [-0.15, -0.1) is 6.58 Å². The van der Waals surface area contributed by atoms with E-state index in [-0.39, 0.29) is 0 Å². The molecule has 3 aliphatic rings.